The predicted octanol–water partition coefficient (Wildman–Crippen LogP) is 2.58. The largest absolute Gasteiger partial charge is 0.364 e. The Morgan fingerprint density at radius 1 is 1.27 bits per heavy atom. The van der Waals surface area contributed by atoms with E-state index in [1.54, 1.807) is 6.20 Å². The number of nitrogens with one attached hydrogen (secondary N) is 2. The molecule has 2 N–H and O–H groups in total. The second-order valence-corrected chi connectivity index (χ2v) is 3.39. The molecular formula is C12H12N2O. The smallest absolute Gasteiger partial charge is 0.257 e. The van der Waals surface area contributed by atoms with E-state index in [4.69, 9.17) is 0 Å². The van der Waals surface area contributed by atoms with E-state index in [2.05, 4.69) is 10.3 Å². The highest BCUT2D eigenvalue weighted by atomic mass is 16.1. The number of carbonyl (C=O) groups excluding carboxylic acids is 1. The third-order valence-electron chi connectivity index (χ3n) is 2.12. The van der Waals surface area contributed by atoms with E-state index < -0.39 is 0 Å². The summed E-state index contributed by atoms with van der Waals surface area (Å²) in [6.07, 6.45) is 1.70. The molecule has 2 aromatic rings. The van der Waals surface area contributed by atoms with Crippen LogP contribution in [0.4, 0.5) is 5.69 Å². The number of aryl methyl sites for hydroxylation is 1. The highest BCUT2D eigenvalue weighted by Gasteiger charge is 2.06. The number of rotatable bonds is 2. The van der Waals surface area contributed by atoms with E-state index in [0.29, 0.717) is 5.56 Å². The number of amides is 1. The molecule has 15 heavy (non-hydrogen) atoms. The first kappa shape index (κ1) is 9.52. The summed E-state index contributed by atoms with van der Waals surface area (Å²) < 4.78 is 0. The first-order chi connectivity index (χ1) is 7.25. The van der Waals surface area contributed by atoms with Gasteiger partial charge in [-0.3, -0.25) is 4.79 Å². The zero-order valence-electron chi connectivity index (χ0n) is 8.45. The lowest BCUT2D eigenvalue weighted by molar-refractivity contribution is 0.102. The van der Waals surface area contributed by atoms with Crippen molar-refractivity contribution in [1.29, 1.82) is 0 Å². The third-order valence-corrected chi connectivity index (χ3v) is 2.12. The van der Waals surface area contributed by atoms with Gasteiger partial charge in [0.1, 0.15) is 0 Å². The Kier molecular flexibility index (Phi) is 2.54. The van der Waals surface area contributed by atoms with Crippen LogP contribution in [0.15, 0.2) is 42.6 Å². The number of hydrogen-bond acceptors (Lipinski definition) is 1. The molecule has 0 radical (unpaired) electrons. The van der Waals surface area contributed by atoms with Crippen molar-refractivity contribution in [2.24, 2.45) is 0 Å². The SMILES string of the molecule is Cc1cc(C(=O)Nc2ccccc2)c[nH]1. The van der Waals surface area contributed by atoms with E-state index >= 15 is 0 Å². The van der Waals surface area contributed by atoms with Gasteiger partial charge in [-0.2, -0.15) is 0 Å². The minimum atomic E-state index is -0.0921. The lowest BCUT2D eigenvalue weighted by Gasteiger charge is -2.02. The molecule has 1 heterocycles. The summed E-state index contributed by atoms with van der Waals surface area (Å²) >= 11 is 0. The maximum atomic E-state index is 11.7. The molecule has 0 fully saturated rings. The maximum absolute atomic E-state index is 11.7. The molecule has 1 aromatic carbocycles. The second-order valence-electron chi connectivity index (χ2n) is 3.39. The van der Waals surface area contributed by atoms with Crippen LogP contribution in [0.2, 0.25) is 0 Å². The van der Waals surface area contributed by atoms with Crippen LogP contribution in [0.25, 0.3) is 0 Å². The van der Waals surface area contributed by atoms with Gasteiger partial charge in [-0.25, -0.2) is 0 Å². The van der Waals surface area contributed by atoms with Crippen LogP contribution in [-0.4, -0.2) is 10.9 Å². The van der Waals surface area contributed by atoms with Crippen molar-refractivity contribution in [2.45, 2.75) is 6.92 Å². The quantitative estimate of drug-likeness (QED) is 0.768. The number of aromatic nitrogens is 1. The fourth-order valence-corrected chi connectivity index (χ4v) is 1.36. The Hall–Kier alpha value is -2.03. The summed E-state index contributed by atoms with van der Waals surface area (Å²) in [5.74, 6) is -0.0921. The van der Waals surface area contributed by atoms with Crippen LogP contribution >= 0.6 is 0 Å². The average Bonchev–Trinajstić information content (AvgIpc) is 2.66. The summed E-state index contributed by atoms with van der Waals surface area (Å²) in [4.78, 5) is 14.7. The first-order valence-corrected chi connectivity index (χ1v) is 4.77. The molecule has 0 unspecified atom stereocenters. The van der Waals surface area contributed by atoms with Crippen molar-refractivity contribution in [2.75, 3.05) is 5.32 Å². The van der Waals surface area contributed by atoms with E-state index in [9.17, 15) is 4.79 Å². The molecule has 3 heteroatoms. The van der Waals surface area contributed by atoms with Crippen molar-refractivity contribution in [3.8, 4) is 0 Å². The molecule has 3 nitrogen and oxygen atoms in total. The summed E-state index contributed by atoms with van der Waals surface area (Å²) in [7, 11) is 0. The predicted molar refractivity (Wildman–Crippen MR) is 59.9 cm³/mol. The Bertz CT molecular complexity index is 459. The lowest BCUT2D eigenvalue weighted by Crippen LogP contribution is -2.10. The number of benzene rings is 1. The minimum absolute atomic E-state index is 0.0921. The number of aromatic amines is 1. The van der Waals surface area contributed by atoms with Gasteiger partial charge < -0.3 is 10.3 Å². The zero-order valence-corrected chi connectivity index (χ0v) is 8.45. The van der Waals surface area contributed by atoms with Crippen LogP contribution in [0.3, 0.4) is 0 Å². The third kappa shape index (κ3) is 2.26. The average molecular weight is 200 g/mol. The number of carbonyl (C=O) groups is 1. The van der Waals surface area contributed by atoms with Gasteiger partial charge in [-0.1, -0.05) is 18.2 Å². The molecule has 0 saturated heterocycles. The molecule has 1 aromatic heterocycles. The van der Waals surface area contributed by atoms with E-state index in [0.717, 1.165) is 11.4 Å². The number of para-hydroxylation sites is 1. The van der Waals surface area contributed by atoms with Gasteiger partial charge in [0.2, 0.25) is 0 Å². The van der Waals surface area contributed by atoms with Crippen LogP contribution in [0, 0.1) is 6.92 Å². The molecule has 0 atom stereocenters. The van der Waals surface area contributed by atoms with E-state index in [-0.39, 0.29) is 5.91 Å². The topological polar surface area (TPSA) is 44.9 Å². The van der Waals surface area contributed by atoms with Crippen molar-refractivity contribution < 1.29 is 4.79 Å². The highest BCUT2D eigenvalue weighted by molar-refractivity contribution is 6.04. The molecule has 2 rings (SSSR count). The van der Waals surface area contributed by atoms with Crippen LogP contribution in [0.1, 0.15) is 16.1 Å². The zero-order chi connectivity index (χ0) is 10.7. The standard InChI is InChI=1S/C12H12N2O/c1-9-7-10(8-13-9)12(15)14-11-5-3-2-4-6-11/h2-8,13H,1H3,(H,14,15). The normalized spacial score (nSPS) is 9.93. The summed E-state index contributed by atoms with van der Waals surface area (Å²) in [5.41, 5.74) is 2.44. The van der Waals surface area contributed by atoms with Crippen LogP contribution in [0.5, 0.6) is 0 Å². The van der Waals surface area contributed by atoms with Gasteiger partial charge in [-0.15, -0.1) is 0 Å². The minimum Gasteiger partial charge on any atom is -0.364 e. The molecule has 0 aliphatic heterocycles. The van der Waals surface area contributed by atoms with E-state index in [1.165, 1.54) is 0 Å². The van der Waals surface area contributed by atoms with Gasteiger partial charge in [0.05, 0.1) is 5.56 Å². The monoisotopic (exact) mass is 200 g/mol. The van der Waals surface area contributed by atoms with Crippen molar-refractivity contribution in [1.82, 2.24) is 4.98 Å². The lowest BCUT2D eigenvalue weighted by atomic mass is 10.2. The Balaban J connectivity index is 2.11. The number of H-pyrrole nitrogens is 1. The van der Waals surface area contributed by atoms with E-state index in [1.807, 2.05) is 43.3 Å². The van der Waals surface area contributed by atoms with Gasteiger partial charge in [0.25, 0.3) is 5.91 Å². The van der Waals surface area contributed by atoms with Crippen molar-refractivity contribution in [3.63, 3.8) is 0 Å². The van der Waals surface area contributed by atoms with Gasteiger partial charge >= 0.3 is 0 Å². The fraction of sp³-hybridized carbons (Fsp3) is 0.0833. The summed E-state index contributed by atoms with van der Waals surface area (Å²) in [6, 6.07) is 11.2. The second kappa shape index (κ2) is 4.00. The highest BCUT2D eigenvalue weighted by Crippen LogP contribution is 2.09. The Morgan fingerprint density at radius 3 is 2.60 bits per heavy atom. The van der Waals surface area contributed by atoms with Crippen molar-refractivity contribution >= 4 is 11.6 Å². The fourth-order valence-electron chi connectivity index (χ4n) is 1.36. The van der Waals surface area contributed by atoms with Gasteiger partial charge in [0.15, 0.2) is 0 Å². The maximum Gasteiger partial charge on any atom is 0.257 e. The summed E-state index contributed by atoms with van der Waals surface area (Å²) in [6.45, 7) is 1.92. The van der Waals surface area contributed by atoms with Crippen LogP contribution < -0.4 is 5.32 Å². The molecule has 1 amide bonds. The summed E-state index contributed by atoms with van der Waals surface area (Å²) in [5, 5.41) is 2.81. The molecule has 0 saturated carbocycles. The Morgan fingerprint density at radius 2 is 2.00 bits per heavy atom. The van der Waals surface area contributed by atoms with Gasteiger partial charge in [0, 0.05) is 17.6 Å². The molecule has 0 spiro atoms. The van der Waals surface area contributed by atoms with Crippen molar-refractivity contribution in [3.05, 3.63) is 53.9 Å². The molecule has 76 valence electrons. The number of anilines is 1. The van der Waals surface area contributed by atoms with Crippen LogP contribution in [-0.2, 0) is 0 Å². The molecule has 0 aliphatic rings. The molecular weight excluding hydrogens is 188 g/mol. The first-order valence-electron chi connectivity index (χ1n) is 4.77. The molecule has 0 bridgehead atoms. The number of hydrogen-bond donors (Lipinski definition) is 2. The molecule has 0 aliphatic carbocycles. The Labute approximate surface area is 88.1 Å². The van der Waals surface area contributed by atoms with Gasteiger partial charge in [-0.05, 0) is 25.1 Å².